The summed E-state index contributed by atoms with van der Waals surface area (Å²) in [7, 11) is 0. The summed E-state index contributed by atoms with van der Waals surface area (Å²) in [5, 5.41) is 35.8. The number of aryl methyl sites for hydroxylation is 1. The highest BCUT2D eigenvalue weighted by molar-refractivity contribution is 9.10. The van der Waals surface area contributed by atoms with Gasteiger partial charge in [-0.25, -0.2) is 28.3 Å². The molecule has 0 unspecified atom stereocenters. The molecule has 0 fully saturated rings. The Labute approximate surface area is 172 Å². The van der Waals surface area contributed by atoms with Crippen molar-refractivity contribution in [1.82, 2.24) is 9.97 Å². The van der Waals surface area contributed by atoms with Crippen LogP contribution in [0.25, 0.3) is 11.4 Å². The maximum absolute atomic E-state index is 14.1. The molecule has 0 radical (unpaired) electrons. The van der Waals surface area contributed by atoms with Crippen molar-refractivity contribution < 1.29 is 38.8 Å². The molecule has 0 spiro atoms. The van der Waals surface area contributed by atoms with E-state index in [9.17, 15) is 13.9 Å². The first-order valence-corrected chi connectivity index (χ1v) is 8.90. The zero-order valence-electron chi connectivity index (χ0n) is 15.1. The van der Waals surface area contributed by atoms with Crippen molar-refractivity contribution in [3.63, 3.8) is 0 Å². The number of nitrogens with one attached hydrogen (secondary N) is 1. The van der Waals surface area contributed by atoms with E-state index in [0.29, 0.717) is 17.9 Å². The van der Waals surface area contributed by atoms with Gasteiger partial charge < -0.3 is 25.7 Å². The van der Waals surface area contributed by atoms with Crippen LogP contribution in [0.5, 0.6) is 0 Å². The van der Waals surface area contributed by atoms with Gasteiger partial charge in [0.05, 0.1) is 22.7 Å². The average molecular weight is 478 g/mol. The van der Waals surface area contributed by atoms with Crippen LogP contribution in [-0.4, -0.2) is 61.6 Å². The fraction of sp³-hybridized carbons (Fsp3) is 0.294. The predicted octanol–water partition coefficient (Wildman–Crippen LogP) is 1.67. The Morgan fingerprint density at radius 1 is 1.14 bits per heavy atom. The van der Waals surface area contributed by atoms with Crippen molar-refractivity contribution in [3.8, 4) is 11.4 Å². The lowest BCUT2D eigenvalue weighted by molar-refractivity contribution is -0.159. The first-order valence-electron chi connectivity index (χ1n) is 8.10. The number of nitrogens with zero attached hydrogens (tertiary/aromatic N) is 2. The molecular formula is C17H18BrF2N3O6. The van der Waals surface area contributed by atoms with E-state index in [-0.39, 0.29) is 22.4 Å². The van der Waals surface area contributed by atoms with E-state index in [1.807, 2.05) is 6.92 Å². The Morgan fingerprint density at radius 2 is 1.76 bits per heavy atom. The van der Waals surface area contributed by atoms with Gasteiger partial charge in [-0.3, -0.25) is 0 Å². The molecule has 2 rings (SSSR count). The second-order valence-corrected chi connectivity index (χ2v) is 6.35. The molecular weight excluding hydrogens is 460 g/mol. The van der Waals surface area contributed by atoms with Crippen molar-refractivity contribution in [3.05, 3.63) is 40.0 Å². The van der Waals surface area contributed by atoms with Gasteiger partial charge in [0.15, 0.2) is 5.82 Å². The van der Waals surface area contributed by atoms with Gasteiger partial charge in [0, 0.05) is 18.3 Å². The number of anilines is 1. The van der Waals surface area contributed by atoms with Gasteiger partial charge in [-0.2, -0.15) is 0 Å². The van der Waals surface area contributed by atoms with Crippen molar-refractivity contribution in [1.29, 1.82) is 0 Å². The van der Waals surface area contributed by atoms with E-state index in [4.69, 9.17) is 24.9 Å². The highest BCUT2D eigenvalue weighted by Gasteiger charge is 2.15. The topological polar surface area (TPSA) is 153 Å². The molecule has 0 aliphatic rings. The van der Waals surface area contributed by atoms with Crippen LogP contribution in [-0.2, 0) is 16.0 Å². The van der Waals surface area contributed by atoms with Crippen LogP contribution in [0.3, 0.4) is 0 Å². The summed E-state index contributed by atoms with van der Waals surface area (Å²) in [5.41, 5.74) is 0.588. The van der Waals surface area contributed by atoms with Crippen molar-refractivity contribution in [2.24, 2.45) is 0 Å². The zero-order chi connectivity index (χ0) is 22.1. The second-order valence-electron chi connectivity index (χ2n) is 5.50. The second kappa shape index (κ2) is 11.3. The SMILES string of the molecule is CCc1cc(NC[C@@H](O)CO)nc(-c2cc(F)c(Br)cc2F)n1.O=C(O)C(=O)O. The van der Waals surface area contributed by atoms with Gasteiger partial charge in [-0.15, -0.1) is 0 Å². The van der Waals surface area contributed by atoms with Gasteiger partial charge in [0.2, 0.25) is 0 Å². The summed E-state index contributed by atoms with van der Waals surface area (Å²) in [5.74, 6) is -4.49. The third kappa shape index (κ3) is 7.68. The molecule has 1 aromatic heterocycles. The Hall–Kier alpha value is -2.70. The van der Waals surface area contributed by atoms with Crippen LogP contribution in [0.4, 0.5) is 14.6 Å². The smallest absolute Gasteiger partial charge is 0.414 e. The molecule has 0 saturated heterocycles. The lowest BCUT2D eigenvalue weighted by atomic mass is 10.2. The van der Waals surface area contributed by atoms with Crippen molar-refractivity contribution in [2.75, 3.05) is 18.5 Å². The lowest BCUT2D eigenvalue weighted by Crippen LogP contribution is -2.23. The predicted molar refractivity (Wildman–Crippen MR) is 101 cm³/mol. The highest BCUT2D eigenvalue weighted by Crippen LogP contribution is 2.27. The molecule has 1 heterocycles. The summed E-state index contributed by atoms with van der Waals surface area (Å²) in [4.78, 5) is 26.6. The molecule has 0 amide bonds. The number of aliphatic hydroxyl groups excluding tert-OH is 2. The van der Waals surface area contributed by atoms with Gasteiger partial charge in [-0.05, 0) is 34.5 Å². The molecule has 0 bridgehead atoms. The number of benzene rings is 1. The lowest BCUT2D eigenvalue weighted by Gasteiger charge is -2.12. The molecule has 5 N–H and O–H groups in total. The van der Waals surface area contributed by atoms with Crippen LogP contribution in [0, 0.1) is 11.6 Å². The Kier molecular flexibility index (Phi) is 9.51. The Balaban J connectivity index is 0.000000612. The number of aromatic nitrogens is 2. The monoisotopic (exact) mass is 477 g/mol. The molecule has 158 valence electrons. The normalized spacial score (nSPS) is 11.2. The first-order chi connectivity index (χ1) is 13.6. The fourth-order valence-electron chi connectivity index (χ4n) is 1.87. The first kappa shape index (κ1) is 24.3. The molecule has 0 aliphatic carbocycles. The van der Waals surface area contributed by atoms with Gasteiger partial charge >= 0.3 is 11.9 Å². The Morgan fingerprint density at radius 3 is 2.28 bits per heavy atom. The van der Waals surface area contributed by atoms with Crippen LogP contribution >= 0.6 is 15.9 Å². The van der Waals surface area contributed by atoms with Crippen molar-refractivity contribution >= 4 is 33.7 Å². The van der Waals surface area contributed by atoms with E-state index in [0.717, 1.165) is 12.1 Å². The molecule has 0 aliphatic heterocycles. The van der Waals surface area contributed by atoms with Crippen LogP contribution < -0.4 is 5.32 Å². The van der Waals surface area contributed by atoms with E-state index >= 15 is 0 Å². The van der Waals surface area contributed by atoms with Crippen LogP contribution in [0.15, 0.2) is 22.7 Å². The number of hydrogen-bond acceptors (Lipinski definition) is 7. The van der Waals surface area contributed by atoms with Gasteiger partial charge in [0.25, 0.3) is 0 Å². The minimum Gasteiger partial charge on any atom is -0.473 e. The molecule has 29 heavy (non-hydrogen) atoms. The van der Waals surface area contributed by atoms with Crippen LogP contribution in [0.1, 0.15) is 12.6 Å². The quantitative estimate of drug-likeness (QED) is 0.308. The summed E-state index contributed by atoms with van der Waals surface area (Å²) in [6, 6.07) is 3.70. The van der Waals surface area contributed by atoms with Crippen LogP contribution in [0.2, 0.25) is 0 Å². The third-order valence-corrected chi connectivity index (χ3v) is 3.91. The maximum atomic E-state index is 14.1. The number of hydrogen-bond donors (Lipinski definition) is 5. The highest BCUT2D eigenvalue weighted by atomic mass is 79.9. The van der Waals surface area contributed by atoms with E-state index in [1.165, 1.54) is 0 Å². The summed E-state index contributed by atoms with van der Waals surface area (Å²) in [6.45, 7) is 1.56. The molecule has 12 heteroatoms. The summed E-state index contributed by atoms with van der Waals surface area (Å²) < 4.78 is 27.8. The zero-order valence-corrected chi connectivity index (χ0v) is 16.7. The fourth-order valence-corrected chi connectivity index (χ4v) is 2.19. The standard InChI is InChI=1S/C15H16BrF2N3O2.C2H2O4/c1-2-8-3-14(19-6-9(23)7-22)21-15(20-8)10-4-13(18)11(16)5-12(10)17;3-1(4)2(5)6/h3-5,9,22-23H,2,6-7H2,1H3,(H,19,20,21);(H,3,4)(H,5,6)/t9-;/m1./s1. The minimum absolute atomic E-state index is 0.0230. The summed E-state index contributed by atoms with van der Waals surface area (Å²) in [6.07, 6.45) is -0.367. The number of carboxylic acid groups (broad SMARTS) is 2. The largest absolute Gasteiger partial charge is 0.473 e. The average Bonchev–Trinajstić information content (AvgIpc) is 2.68. The summed E-state index contributed by atoms with van der Waals surface area (Å²) >= 11 is 2.92. The molecule has 0 saturated carbocycles. The number of halogens is 3. The molecule has 1 aromatic carbocycles. The number of carboxylic acids is 2. The number of rotatable bonds is 6. The third-order valence-electron chi connectivity index (χ3n) is 3.30. The van der Waals surface area contributed by atoms with E-state index in [1.54, 1.807) is 6.07 Å². The number of aliphatic hydroxyl groups is 2. The van der Waals surface area contributed by atoms with Crippen molar-refractivity contribution in [2.45, 2.75) is 19.4 Å². The van der Waals surface area contributed by atoms with Gasteiger partial charge in [0.1, 0.15) is 17.5 Å². The number of aliphatic carboxylic acids is 2. The Bertz CT molecular complexity index is 872. The maximum Gasteiger partial charge on any atom is 0.414 e. The molecule has 1 atom stereocenters. The molecule has 2 aromatic rings. The van der Waals surface area contributed by atoms with E-state index in [2.05, 4.69) is 31.2 Å². The van der Waals surface area contributed by atoms with E-state index < -0.39 is 36.3 Å². The number of carbonyl (C=O) groups is 2. The minimum atomic E-state index is -1.82. The molecule has 9 nitrogen and oxygen atoms in total. The van der Waals surface area contributed by atoms with Gasteiger partial charge in [-0.1, -0.05) is 6.92 Å².